The lowest BCUT2D eigenvalue weighted by atomic mass is 10.4. The van der Waals surface area contributed by atoms with Crippen LogP contribution < -0.4 is 0 Å². The van der Waals surface area contributed by atoms with Gasteiger partial charge in [-0.05, 0) is 18.2 Å². The van der Waals surface area contributed by atoms with Crippen LogP contribution in [-0.2, 0) is 0 Å². The van der Waals surface area contributed by atoms with E-state index in [1.54, 1.807) is 18.2 Å². The van der Waals surface area contributed by atoms with Gasteiger partial charge in [0, 0.05) is 4.90 Å². The van der Waals surface area contributed by atoms with Gasteiger partial charge in [0.25, 0.3) is 0 Å². The van der Waals surface area contributed by atoms with E-state index in [1.165, 1.54) is 24.2 Å². The topological polar surface area (TPSA) is 63.1 Å². The minimum Gasteiger partial charge on any atom is -0.476 e. The molecule has 7 heteroatoms. The predicted molar refractivity (Wildman–Crippen MR) is 69.6 cm³/mol. The highest BCUT2D eigenvalue weighted by molar-refractivity contribution is 7.99. The number of benzene rings is 1. The second-order valence-electron chi connectivity index (χ2n) is 3.22. The number of nitrogens with zero attached hydrogens (tertiary/aromatic N) is 2. The van der Waals surface area contributed by atoms with Gasteiger partial charge < -0.3 is 5.11 Å². The minimum atomic E-state index is -1.10. The molecule has 0 unspecified atom stereocenters. The third-order valence-corrected chi connectivity index (χ3v) is 3.61. The smallest absolute Gasteiger partial charge is 0.356 e. The minimum absolute atomic E-state index is 0.0894. The standard InChI is InChI=1S/C11H6Cl2N2O2S/c12-7-2-1-6(3-8(7)13)18-10-5-14-9(4-15-10)11(16)17/h1-5H,(H,16,17). The van der Waals surface area contributed by atoms with Crippen LogP contribution in [0.15, 0.2) is 40.5 Å². The number of carbonyl (C=O) groups is 1. The fraction of sp³-hybridized carbons (Fsp3) is 0. The Morgan fingerprint density at radius 3 is 2.50 bits per heavy atom. The lowest BCUT2D eigenvalue weighted by Crippen LogP contribution is -2.00. The van der Waals surface area contributed by atoms with Crippen molar-refractivity contribution in [2.24, 2.45) is 0 Å². The van der Waals surface area contributed by atoms with Gasteiger partial charge in [-0.2, -0.15) is 0 Å². The maximum absolute atomic E-state index is 10.6. The summed E-state index contributed by atoms with van der Waals surface area (Å²) >= 11 is 13.0. The van der Waals surface area contributed by atoms with Gasteiger partial charge in [0.2, 0.25) is 0 Å². The summed E-state index contributed by atoms with van der Waals surface area (Å²) in [5.74, 6) is -1.10. The van der Waals surface area contributed by atoms with Crippen LogP contribution in [0, 0.1) is 0 Å². The molecular weight excluding hydrogens is 295 g/mol. The van der Waals surface area contributed by atoms with Crippen LogP contribution in [-0.4, -0.2) is 21.0 Å². The van der Waals surface area contributed by atoms with E-state index in [9.17, 15) is 4.79 Å². The summed E-state index contributed by atoms with van der Waals surface area (Å²) in [4.78, 5) is 19.2. The molecule has 4 nitrogen and oxygen atoms in total. The fourth-order valence-corrected chi connectivity index (χ4v) is 2.27. The summed E-state index contributed by atoms with van der Waals surface area (Å²) in [5, 5.41) is 10.2. The normalized spacial score (nSPS) is 10.3. The first-order chi connectivity index (χ1) is 8.56. The van der Waals surface area contributed by atoms with E-state index in [-0.39, 0.29) is 5.69 Å². The lowest BCUT2D eigenvalue weighted by molar-refractivity contribution is 0.0689. The predicted octanol–water partition coefficient (Wildman–Crippen LogP) is 3.63. The van der Waals surface area contributed by atoms with Gasteiger partial charge in [0.05, 0.1) is 22.4 Å². The quantitative estimate of drug-likeness (QED) is 0.937. The molecule has 0 amide bonds. The molecule has 18 heavy (non-hydrogen) atoms. The molecule has 1 aromatic carbocycles. The molecule has 2 aromatic rings. The van der Waals surface area contributed by atoms with E-state index in [1.807, 2.05) is 0 Å². The second kappa shape index (κ2) is 5.56. The average Bonchev–Trinajstić information content (AvgIpc) is 2.34. The largest absolute Gasteiger partial charge is 0.476 e. The molecule has 0 spiro atoms. The van der Waals surface area contributed by atoms with Gasteiger partial charge in [-0.1, -0.05) is 35.0 Å². The number of halogens is 2. The Morgan fingerprint density at radius 1 is 1.17 bits per heavy atom. The summed E-state index contributed by atoms with van der Waals surface area (Å²) in [6, 6.07) is 5.19. The number of hydrogen-bond acceptors (Lipinski definition) is 4. The summed E-state index contributed by atoms with van der Waals surface area (Å²) in [5.41, 5.74) is -0.0894. The second-order valence-corrected chi connectivity index (χ2v) is 5.13. The fourth-order valence-electron chi connectivity index (χ4n) is 1.14. The van der Waals surface area contributed by atoms with Crippen molar-refractivity contribution in [2.45, 2.75) is 9.92 Å². The first kappa shape index (κ1) is 13.1. The molecule has 0 radical (unpaired) electrons. The third-order valence-electron chi connectivity index (χ3n) is 1.96. The highest BCUT2D eigenvalue weighted by Crippen LogP contribution is 2.31. The summed E-state index contributed by atoms with van der Waals surface area (Å²) in [6.07, 6.45) is 2.61. The van der Waals surface area contributed by atoms with E-state index < -0.39 is 5.97 Å². The van der Waals surface area contributed by atoms with E-state index >= 15 is 0 Å². The van der Waals surface area contributed by atoms with Crippen LogP contribution in [0.1, 0.15) is 10.5 Å². The van der Waals surface area contributed by atoms with Gasteiger partial charge in [0.1, 0.15) is 5.03 Å². The van der Waals surface area contributed by atoms with E-state index in [0.29, 0.717) is 15.1 Å². The Balaban J connectivity index is 2.18. The molecule has 0 saturated carbocycles. The maximum Gasteiger partial charge on any atom is 0.356 e. The number of carboxylic acid groups (broad SMARTS) is 1. The van der Waals surface area contributed by atoms with Crippen LogP contribution >= 0.6 is 35.0 Å². The molecular formula is C11H6Cl2N2O2S. The number of hydrogen-bond donors (Lipinski definition) is 1. The molecule has 92 valence electrons. The zero-order valence-corrected chi connectivity index (χ0v) is 11.1. The Hall–Kier alpha value is -1.30. The van der Waals surface area contributed by atoms with Gasteiger partial charge in [-0.25, -0.2) is 14.8 Å². The van der Waals surface area contributed by atoms with Crippen LogP contribution in [0.2, 0.25) is 10.0 Å². The highest BCUT2D eigenvalue weighted by Gasteiger charge is 2.06. The highest BCUT2D eigenvalue weighted by atomic mass is 35.5. The maximum atomic E-state index is 10.6. The number of carboxylic acids is 1. The number of aromatic carboxylic acids is 1. The van der Waals surface area contributed by atoms with Crippen LogP contribution in [0.3, 0.4) is 0 Å². The van der Waals surface area contributed by atoms with Crippen molar-refractivity contribution in [1.29, 1.82) is 0 Å². The van der Waals surface area contributed by atoms with Crippen LogP contribution in [0.25, 0.3) is 0 Å². The van der Waals surface area contributed by atoms with Gasteiger partial charge >= 0.3 is 5.97 Å². The van der Waals surface area contributed by atoms with Gasteiger partial charge in [0.15, 0.2) is 5.69 Å². The van der Waals surface area contributed by atoms with Crippen LogP contribution in [0.5, 0.6) is 0 Å². The zero-order valence-electron chi connectivity index (χ0n) is 8.80. The Kier molecular flexibility index (Phi) is 4.06. The van der Waals surface area contributed by atoms with Crippen molar-refractivity contribution in [3.63, 3.8) is 0 Å². The average molecular weight is 301 g/mol. The Labute approximate surface area is 117 Å². The zero-order chi connectivity index (χ0) is 13.1. The van der Waals surface area contributed by atoms with E-state index in [4.69, 9.17) is 28.3 Å². The molecule has 1 N–H and O–H groups in total. The van der Waals surface area contributed by atoms with Crippen LogP contribution in [0.4, 0.5) is 0 Å². The molecule has 0 aliphatic carbocycles. The van der Waals surface area contributed by atoms with Crippen molar-refractivity contribution < 1.29 is 9.90 Å². The molecule has 2 rings (SSSR count). The summed E-state index contributed by atoms with van der Waals surface area (Å²) in [6.45, 7) is 0. The summed E-state index contributed by atoms with van der Waals surface area (Å²) < 4.78 is 0. The van der Waals surface area contributed by atoms with Crippen molar-refractivity contribution >= 4 is 40.9 Å². The molecule has 0 aliphatic heterocycles. The van der Waals surface area contributed by atoms with E-state index in [0.717, 1.165) is 4.90 Å². The Morgan fingerprint density at radius 2 is 1.94 bits per heavy atom. The lowest BCUT2D eigenvalue weighted by Gasteiger charge is -2.02. The molecule has 0 bridgehead atoms. The van der Waals surface area contributed by atoms with Gasteiger partial charge in [-0.3, -0.25) is 0 Å². The number of aromatic nitrogens is 2. The van der Waals surface area contributed by atoms with Crippen molar-refractivity contribution in [1.82, 2.24) is 9.97 Å². The monoisotopic (exact) mass is 300 g/mol. The first-order valence-corrected chi connectivity index (χ1v) is 6.32. The van der Waals surface area contributed by atoms with Crippen molar-refractivity contribution in [3.8, 4) is 0 Å². The molecule has 0 fully saturated rings. The van der Waals surface area contributed by atoms with E-state index in [2.05, 4.69) is 9.97 Å². The molecule has 0 atom stereocenters. The van der Waals surface area contributed by atoms with Crippen molar-refractivity contribution in [2.75, 3.05) is 0 Å². The molecule has 0 aliphatic rings. The first-order valence-electron chi connectivity index (χ1n) is 4.74. The van der Waals surface area contributed by atoms with Crippen molar-refractivity contribution in [3.05, 3.63) is 46.3 Å². The van der Waals surface area contributed by atoms with Gasteiger partial charge in [-0.15, -0.1) is 0 Å². The third kappa shape index (κ3) is 3.13. The molecule has 1 aromatic heterocycles. The summed E-state index contributed by atoms with van der Waals surface area (Å²) in [7, 11) is 0. The number of rotatable bonds is 3. The SMILES string of the molecule is O=C(O)c1cnc(Sc2ccc(Cl)c(Cl)c2)cn1. The molecule has 0 saturated heterocycles. The molecule has 1 heterocycles. The Bertz CT molecular complexity index is 590.